The van der Waals surface area contributed by atoms with E-state index in [1.54, 1.807) is 0 Å². The van der Waals surface area contributed by atoms with E-state index in [9.17, 15) is 9.59 Å². The molecule has 0 aromatic carbocycles. The van der Waals surface area contributed by atoms with Gasteiger partial charge in [-0.3, -0.25) is 4.79 Å². The lowest BCUT2D eigenvalue weighted by Gasteiger charge is -2.31. The van der Waals surface area contributed by atoms with Crippen LogP contribution in [0.2, 0.25) is 0 Å². The highest BCUT2D eigenvalue weighted by Crippen LogP contribution is 2.13. The number of rotatable bonds is 6. The van der Waals surface area contributed by atoms with Crippen molar-refractivity contribution in [3.8, 4) is 0 Å². The van der Waals surface area contributed by atoms with Crippen LogP contribution in [-0.2, 0) is 25.5 Å². The van der Waals surface area contributed by atoms with Gasteiger partial charge in [-0.2, -0.15) is 0 Å². The second-order valence-corrected chi connectivity index (χ2v) is 5.57. The number of amides is 1. The zero-order valence-electron chi connectivity index (χ0n) is 10.9. The molecule has 1 fully saturated rings. The van der Waals surface area contributed by atoms with Gasteiger partial charge in [-0.25, -0.2) is 4.79 Å². The Morgan fingerprint density at radius 2 is 2.40 bits per heavy atom. The summed E-state index contributed by atoms with van der Waals surface area (Å²) in [6, 6.07) is 3.51. The topological polar surface area (TPSA) is 84.9 Å². The highest BCUT2D eigenvalue weighted by atomic mass is 32.1. The lowest BCUT2D eigenvalue weighted by atomic mass is 10.1. The normalized spacial score (nSPS) is 22.4. The van der Waals surface area contributed by atoms with Crippen LogP contribution in [0.1, 0.15) is 11.3 Å². The molecular weight excluding hydrogens is 282 g/mol. The van der Waals surface area contributed by atoms with Gasteiger partial charge in [0.1, 0.15) is 6.61 Å². The summed E-state index contributed by atoms with van der Waals surface area (Å²) in [5.74, 6) is -1.12. The molecule has 0 saturated carbocycles. The number of hydrogen-bond acceptors (Lipinski definition) is 5. The monoisotopic (exact) mass is 299 g/mol. The fourth-order valence-corrected chi connectivity index (χ4v) is 2.76. The van der Waals surface area contributed by atoms with Crippen LogP contribution in [0.3, 0.4) is 0 Å². The molecule has 0 aliphatic carbocycles. The SMILES string of the molecule is O=C(O)CO[C@@H]1CCOC[C@@H]1NC(=O)Cc1cccs1. The Kier molecular flexibility index (Phi) is 5.51. The van der Waals surface area contributed by atoms with Crippen LogP contribution in [0.5, 0.6) is 0 Å². The number of nitrogens with one attached hydrogen (secondary N) is 1. The van der Waals surface area contributed by atoms with Gasteiger partial charge in [0.05, 0.1) is 25.2 Å². The number of ether oxygens (including phenoxy) is 2. The van der Waals surface area contributed by atoms with Crippen LogP contribution in [0.25, 0.3) is 0 Å². The van der Waals surface area contributed by atoms with Crippen molar-refractivity contribution >= 4 is 23.2 Å². The first-order valence-corrected chi connectivity index (χ1v) is 7.26. The summed E-state index contributed by atoms with van der Waals surface area (Å²) in [4.78, 5) is 23.5. The molecule has 110 valence electrons. The van der Waals surface area contributed by atoms with Crippen molar-refractivity contribution in [2.75, 3.05) is 19.8 Å². The number of thiophene rings is 1. The van der Waals surface area contributed by atoms with Crippen molar-refractivity contribution in [2.45, 2.75) is 25.0 Å². The molecule has 7 heteroatoms. The third kappa shape index (κ3) is 4.59. The molecule has 0 spiro atoms. The number of carboxylic acid groups (broad SMARTS) is 1. The predicted octanol–water partition coefficient (Wildman–Crippen LogP) is 0.666. The average Bonchev–Trinajstić information content (AvgIpc) is 2.90. The predicted molar refractivity (Wildman–Crippen MR) is 72.8 cm³/mol. The summed E-state index contributed by atoms with van der Waals surface area (Å²) in [5.41, 5.74) is 0. The third-order valence-corrected chi connectivity index (χ3v) is 3.85. The van der Waals surface area contributed by atoms with Gasteiger partial charge in [0.2, 0.25) is 5.91 Å². The molecule has 2 rings (SSSR count). The van der Waals surface area contributed by atoms with Crippen molar-refractivity contribution in [3.63, 3.8) is 0 Å². The highest BCUT2D eigenvalue weighted by Gasteiger charge is 2.28. The van der Waals surface area contributed by atoms with Crippen molar-refractivity contribution in [2.24, 2.45) is 0 Å². The first kappa shape index (κ1) is 15.0. The fourth-order valence-electron chi connectivity index (χ4n) is 2.06. The van der Waals surface area contributed by atoms with E-state index in [0.29, 0.717) is 26.1 Å². The first-order chi connectivity index (χ1) is 9.65. The number of hydrogen-bond donors (Lipinski definition) is 2. The van der Waals surface area contributed by atoms with Crippen molar-refractivity contribution < 1.29 is 24.2 Å². The Morgan fingerprint density at radius 1 is 1.55 bits per heavy atom. The van der Waals surface area contributed by atoms with Crippen molar-refractivity contribution in [3.05, 3.63) is 22.4 Å². The van der Waals surface area contributed by atoms with E-state index in [4.69, 9.17) is 14.6 Å². The quantitative estimate of drug-likeness (QED) is 0.806. The number of carbonyl (C=O) groups is 2. The number of carbonyl (C=O) groups excluding carboxylic acids is 1. The molecule has 1 aliphatic heterocycles. The molecule has 0 radical (unpaired) electrons. The van der Waals surface area contributed by atoms with E-state index in [1.165, 1.54) is 11.3 Å². The van der Waals surface area contributed by atoms with Gasteiger partial charge in [0, 0.05) is 11.5 Å². The van der Waals surface area contributed by atoms with Gasteiger partial charge in [0.25, 0.3) is 0 Å². The van der Waals surface area contributed by atoms with E-state index in [-0.39, 0.29) is 24.7 Å². The lowest BCUT2D eigenvalue weighted by molar-refractivity contribution is -0.148. The molecule has 1 saturated heterocycles. The molecule has 20 heavy (non-hydrogen) atoms. The minimum atomic E-state index is -1.01. The van der Waals surface area contributed by atoms with Crippen LogP contribution < -0.4 is 5.32 Å². The molecule has 6 nitrogen and oxygen atoms in total. The summed E-state index contributed by atoms with van der Waals surface area (Å²) < 4.78 is 10.6. The molecular formula is C13H17NO5S. The smallest absolute Gasteiger partial charge is 0.329 e. The maximum Gasteiger partial charge on any atom is 0.329 e. The zero-order chi connectivity index (χ0) is 14.4. The minimum Gasteiger partial charge on any atom is -0.480 e. The molecule has 2 atom stereocenters. The van der Waals surface area contributed by atoms with Gasteiger partial charge in [-0.05, 0) is 17.9 Å². The van der Waals surface area contributed by atoms with Crippen LogP contribution >= 0.6 is 11.3 Å². The summed E-state index contributed by atoms with van der Waals surface area (Å²) in [6.45, 7) is 0.504. The van der Waals surface area contributed by atoms with Gasteiger partial charge >= 0.3 is 5.97 Å². The summed E-state index contributed by atoms with van der Waals surface area (Å²) in [6.07, 6.45) is 0.587. The van der Waals surface area contributed by atoms with Crippen LogP contribution in [0, 0.1) is 0 Å². The molecule has 1 aliphatic rings. The summed E-state index contributed by atoms with van der Waals surface area (Å²) in [7, 11) is 0. The van der Waals surface area contributed by atoms with Gasteiger partial charge in [0.15, 0.2) is 0 Å². The Morgan fingerprint density at radius 3 is 3.10 bits per heavy atom. The van der Waals surface area contributed by atoms with Crippen LogP contribution in [-0.4, -0.2) is 48.9 Å². The maximum atomic E-state index is 11.9. The largest absolute Gasteiger partial charge is 0.480 e. The fraction of sp³-hybridized carbons (Fsp3) is 0.538. The Hall–Kier alpha value is -1.44. The van der Waals surface area contributed by atoms with Gasteiger partial charge in [-0.1, -0.05) is 6.07 Å². The second-order valence-electron chi connectivity index (χ2n) is 4.54. The first-order valence-electron chi connectivity index (χ1n) is 6.38. The van der Waals surface area contributed by atoms with E-state index < -0.39 is 5.97 Å². The Balaban J connectivity index is 1.84. The minimum absolute atomic E-state index is 0.105. The Bertz CT molecular complexity index is 448. The number of carboxylic acids is 1. The molecule has 0 bridgehead atoms. The standard InChI is InChI=1S/C13H17NO5S/c15-12(6-9-2-1-5-20-9)14-10-7-18-4-3-11(10)19-8-13(16)17/h1-2,5,10-11H,3-4,6-8H2,(H,14,15)(H,16,17)/t10-,11+/m0/s1. The molecule has 1 amide bonds. The van der Waals surface area contributed by atoms with E-state index in [1.807, 2.05) is 17.5 Å². The van der Waals surface area contributed by atoms with E-state index in [2.05, 4.69) is 5.32 Å². The second kappa shape index (κ2) is 7.37. The molecule has 2 heterocycles. The summed E-state index contributed by atoms with van der Waals surface area (Å²) >= 11 is 1.53. The molecule has 2 N–H and O–H groups in total. The van der Waals surface area contributed by atoms with E-state index >= 15 is 0 Å². The van der Waals surface area contributed by atoms with Gasteiger partial charge in [-0.15, -0.1) is 11.3 Å². The highest BCUT2D eigenvalue weighted by molar-refractivity contribution is 7.10. The number of aliphatic carboxylic acids is 1. The lowest BCUT2D eigenvalue weighted by Crippen LogP contribution is -2.51. The molecule has 0 unspecified atom stereocenters. The van der Waals surface area contributed by atoms with Crippen molar-refractivity contribution in [1.29, 1.82) is 0 Å². The molecule has 1 aromatic heterocycles. The average molecular weight is 299 g/mol. The zero-order valence-corrected chi connectivity index (χ0v) is 11.7. The Labute approximate surface area is 120 Å². The maximum absolute atomic E-state index is 11.9. The van der Waals surface area contributed by atoms with Crippen LogP contribution in [0.15, 0.2) is 17.5 Å². The van der Waals surface area contributed by atoms with E-state index in [0.717, 1.165) is 4.88 Å². The van der Waals surface area contributed by atoms with Crippen molar-refractivity contribution in [1.82, 2.24) is 5.32 Å². The van der Waals surface area contributed by atoms with Crippen LogP contribution in [0.4, 0.5) is 0 Å². The van der Waals surface area contributed by atoms with Gasteiger partial charge < -0.3 is 19.9 Å². The molecule has 1 aromatic rings. The summed E-state index contributed by atoms with van der Waals surface area (Å²) in [5, 5.41) is 13.4. The third-order valence-electron chi connectivity index (χ3n) is 2.98.